The number of nitrogen functional groups attached to an aromatic ring is 1. The van der Waals surface area contributed by atoms with E-state index in [1.54, 1.807) is 6.20 Å². The van der Waals surface area contributed by atoms with Crippen molar-refractivity contribution in [2.45, 2.75) is 32.7 Å². The predicted octanol–water partition coefficient (Wildman–Crippen LogP) is 2.41. The molecule has 1 aromatic heterocycles. The lowest BCUT2D eigenvalue weighted by Crippen LogP contribution is -2.37. The van der Waals surface area contributed by atoms with Gasteiger partial charge in [0.2, 0.25) is 0 Å². The molecule has 1 rings (SSSR count). The molecule has 17 heavy (non-hydrogen) atoms. The lowest BCUT2D eigenvalue weighted by Gasteiger charge is -2.31. The van der Waals surface area contributed by atoms with Crippen LogP contribution in [0.5, 0.6) is 0 Å². The highest BCUT2D eigenvalue weighted by molar-refractivity contribution is 9.10. The van der Waals surface area contributed by atoms with Crippen LogP contribution in [-0.2, 0) is 0 Å². The van der Waals surface area contributed by atoms with Crippen LogP contribution in [0.15, 0.2) is 16.7 Å². The molecule has 0 aromatic carbocycles. The van der Waals surface area contributed by atoms with E-state index < -0.39 is 0 Å². The van der Waals surface area contributed by atoms with Gasteiger partial charge in [0.25, 0.3) is 0 Å². The fourth-order valence-electron chi connectivity index (χ4n) is 1.96. The van der Waals surface area contributed by atoms with Crippen molar-refractivity contribution in [3.63, 3.8) is 0 Å². The number of halogens is 1. The summed E-state index contributed by atoms with van der Waals surface area (Å²) in [6, 6.07) is 2.23. The highest BCUT2D eigenvalue weighted by Gasteiger charge is 2.18. The quantitative estimate of drug-likeness (QED) is 0.847. The van der Waals surface area contributed by atoms with Crippen LogP contribution < -0.4 is 10.6 Å². The lowest BCUT2D eigenvalue weighted by molar-refractivity contribution is 0.295. The van der Waals surface area contributed by atoms with Crippen LogP contribution in [0, 0.1) is 0 Å². The summed E-state index contributed by atoms with van der Waals surface area (Å²) in [4.78, 5) is 6.48. The minimum Gasteiger partial charge on any atom is -0.397 e. The molecule has 0 fully saturated rings. The van der Waals surface area contributed by atoms with Crippen molar-refractivity contribution in [1.82, 2.24) is 4.98 Å². The number of rotatable bonds is 6. The Labute approximate surface area is 111 Å². The molecular formula is C12H20BrN3O. The van der Waals surface area contributed by atoms with Crippen molar-refractivity contribution < 1.29 is 5.11 Å². The van der Waals surface area contributed by atoms with Gasteiger partial charge in [-0.1, -0.05) is 13.8 Å². The van der Waals surface area contributed by atoms with E-state index in [0.29, 0.717) is 18.3 Å². The van der Waals surface area contributed by atoms with E-state index >= 15 is 0 Å². The van der Waals surface area contributed by atoms with Crippen LogP contribution >= 0.6 is 15.9 Å². The zero-order valence-electron chi connectivity index (χ0n) is 10.4. The van der Waals surface area contributed by atoms with Gasteiger partial charge in [0.05, 0.1) is 23.0 Å². The zero-order valence-corrected chi connectivity index (χ0v) is 11.9. The summed E-state index contributed by atoms with van der Waals surface area (Å²) in [5, 5.41) is 9.17. The molecule has 0 radical (unpaired) electrons. The van der Waals surface area contributed by atoms with E-state index in [9.17, 15) is 5.11 Å². The monoisotopic (exact) mass is 301 g/mol. The molecule has 1 aromatic rings. The van der Waals surface area contributed by atoms with Crippen LogP contribution in [0.25, 0.3) is 0 Å². The average molecular weight is 302 g/mol. The third-order valence-electron chi connectivity index (χ3n) is 2.84. The standard InChI is InChI=1S/C12H20BrN3O/c1-3-10(4-2)16(5-6-17)12-11(13)7-9(14)8-15-12/h7-8,10,17H,3-6,14H2,1-2H3. The summed E-state index contributed by atoms with van der Waals surface area (Å²) in [5.41, 5.74) is 6.32. The molecule has 0 amide bonds. The number of anilines is 2. The first-order valence-corrected chi connectivity index (χ1v) is 6.71. The summed E-state index contributed by atoms with van der Waals surface area (Å²) < 4.78 is 0.873. The van der Waals surface area contributed by atoms with Crippen LogP contribution in [0.2, 0.25) is 0 Å². The molecule has 0 unspecified atom stereocenters. The van der Waals surface area contributed by atoms with Gasteiger partial charge in [0, 0.05) is 12.6 Å². The first kappa shape index (κ1) is 14.3. The maximum Gasteiger partial charge on any atom is 0.143 e. The third kappa shape index (κ3) is 3.57. The first-order chi connectivity index (χ1) is 8.13. The zero-order chi connectivity index (χ0) is 12.8. The minimum absolute atomic E-state index is 0.120. The highest BCUT2D eigenvalue weighted by atomic mass is 79.9. The number of nitrogens with zero attached hydrogens (tertiary/aromatic N) is 2. The van der Waals surface area contributed by atoms with Crippen LogP contribution in [0.1, 0.15) is 26.7 Å². The van der Waals surface area contributed by atoms with E-state index in [4.69, 9.17) is 5.73 Å². The number of aliphatic hydroxyl groups excluding tert-OH is 1. The fraction of sp³-hybridized carbons (Fsp3) is 0.583. The average Bonchev–Trinajstić information content (AvgIpc) is 2.30. The molecule has 3 N–H and O–H groups in total. The Bertz CT molecular complexity index is 356. The molecule has 0 bridgehead atoms. The molecule has 4 nitrogen and oxygen atoms in total. The van der Waals surface area contributed by atoms with Gasteiger partial charge in [-0.2, -0.15) is 0 Å². The van der Waals surface area contributed by atoms with Gasteiger partial charge in [-0.05, 0) is 34.8 Å². The number of hydrogen-bond donors (Lipinski definition) is 2. The van der Waals surface area contributed by atoms with Crippen molar-refractivity contribution in [2.24, 2.45) is 0 Å². The number of aliphatic hydroxyl groups is 1. The lowest BCUT2D eigenvalue weighted by atomic mass is 10.1. The molecule has 0 saturated heterocycles. The molecule has 0 atom stereocenters. The second-order valence-electron chi connectivity index (χ2n) is 3.96. The summed E-state index contributed by atoms with van der Waals surface area (Å²) in [5.74, 6) is 0.849. The molecular weight excluding hydrogens is 282 g/mol. The van der Waals surface area contributed by atoms with E-state index in [1.807, 2.05) is 6.07 Å². The van der Waals surface area contributed by atoms with Crippen molar-refractivity contribution >= 4 is 27.4 Å². The Hall–Kier alpha value is -0.810. The Morgan fingerprint density at radius 1 is 1.47 bits per heavy atom. The van der Waals surface area contributed by atoms with Gasteiger partial charge in [-0.25, -0.2) is 4.98 Å². The van der Waals surface area contributed by atoms with Crippen LogP contribution in [-0.4, -0.2) is 29.3 Å². The smallest absolute Gasteiger partial charge is 0.143 e. The number of hydrogen-bond acceptors (Lipinski definition) is 4. The molecule has 1 heterocycles. The maximum absolute atomic E-state index is 9.17. The van der Waals surface area contributed by atoms with Gasteiger partial charge in [0.15, 0.2) is 0 Å². The topological polar surface area (TPSA) is 62.4 Å². The molecule has 0 saturated carbocycles. The van der Waals surface area contributed by atoms with Crippen molar-refractivity contribution in [2.75, 3.05) is 23.8 Å². The molecule has 0 aliphatic heterocycles. The Balaban J connectivity index is 3.03. The molecule has 0 spiro atoms. The predicted molar refractivity (Wildman–Crippen MR) is 75.2 cm³/mol. The van der Waals surface area contributed by atoms with E-state index in [0.717, 1.165) is 23.1 Å². The Morgan fingerprint density at radius 2 is 2.12 bits per heavy atom. The van der Waals surface area contributed by atoms with E-state index in [1.165, 1.54) is 0 Å². The largest absolute Gasteiger partial charge is 0.397 e. The van der Waals surface area contributed by atoms with Crippen molar-refractivity contribution in [3.8, 4) is 0 Å². The summed E-state index contributed by atoms with van der Waals surface area (Å²) in [6.07, 6.45) is 3.69. The van der Waals surface area contributed by atoms with Gasteiger partial charge in [-0.3, -0.25) is 0 Å². The van der Waals surface area contributed by atoms with Gasteiger partial charge in [0.1, 0.15) is 5.82 Å². The number of nitrogens with two attached hydrogens (primary N) is 1. The highest BCUT2D eigenvalue weighted by Crippen LogP contribution is 2.28. The minimum atomic E-state index is 0.120. The second-order valence-corrected chi connectivity index (χ2v) is 4.82. The first-order valence-electron chi connectivity index (χ1n) is 5.92. The van der Waals surface area contributed by atoms with Crippen molar-refractivity contribution in [1.29, 1.82) is 0 Å². The Kier molecular flexibility index (Phi) is 5.71. The molecule has 5 heteroatoms. The fourth-order valence-corrected chi connectivity index (χ4v) is 2.55. The number of pyridine rings is 1. The normalized spacial score (nSPS) is 10.9. The van der Waals surface area contributed by atoms with Crippen LogP contribution in [0.3, 0.4) is 0 Å². The van der Waals surface area contributed by atoms with Gasteiger partial charge < -0.3 is 15.7 Å². The summed E-state index contributed by atoms with van der Waals surface area (Å²) >= 11 is 3.48. The number of aromatic nitrogens is 1. The molecule has 0 aliphatic rings. The van der Waals surface area contributed by atoms with Gasteiger partial charge in [-0.15, -0.1) is 0 Å². The van der Waals surface area contributed by atoms with E-state index in [-0.39, 0.29) is 6.61 Å². The Morgan fingerprint density at radius 3 is 2.59 bits per heavy atom. The molecule has 96 valence electrons. The molecule has 0 aliphatic carbocycles. The third-order valence-corrected chi connectivity index (χ3v) is 3.42. The SMILES string of the molecule is CCC(CC)N(CCO)c1ncc(N)cc1Br. The van der Waals surface area contributed by atoms with E-state index in [2.05, 4.69) is 39.7 Å². The van der Waals surface area contributed by atoms with Gasteiger partial charge >= 0.3 is 0 Å². The summed E-state index contributed by atoms with van der Waals surface area (Å²) in [6.45, 7) is 4.99. The maximum atomic E-state index is 9.17. The van der Waals surface area contributed by atoms with Crippen molar-refractivity contribution in [3.05, 3.63) is 16.7 Å². The van der Waals surface area contributed by atoms with Crippen LogP contribution in [0.4, 0.5) is 11.5 Å². The summed E-state index contributed by atoms with van der Waals surface area (Å²) in [7, 11) is 0. The second kappa shape index (κ2) is 6.81.